The molecule has 0 radical (unpaired) electrons. The van der Waals surface area contributed by atoms with Crippen molar-refractivity contribution < 1.29 is 14.3 Å². The molecule has 1 N–H and O–H groups in total. The monoisotopic (exact) mass is 316 g/mol. The molecule has 0 aromatic heterocycles. The number of Topliss-reactive ketones (excluding diaryl/α,β-unsaturated/α-hetero) is 1. The predicted octanol–water partition coefficient (Wildman–Crippen LogP) is 2.61. The zero-order valence-electron chi connectivity index (χ0n) is 13.4. The molecular formula is C18H24N2O3. The topological polar surface area (TPSA) is 58.6 Å². The summed E-state index contributed by atoms with van der Waals surface area (Å²) in [4.78, 5) is 27.0. The number of nitrogens with zero attached hydrogens (tertiary/aromatic N) is 1. The second kappa shape index (κ2) is 7.59. The highest BCUT2D eigenvalue weighted by atomic mass is 16.5. The number of morpholine rings is 1. The van der Waals surface area contributed by atoms with Gasteiger partial charge in [-0.05, 0) is 12.8 Å². The van der Waals surface area contributed by atoms with E-state index in [9.17, 15) is 9.59 Å². The first-order chi connectivity index (χ1) is 11.3. The molecular weight excluding hydrogens is 292 g/mol. The summed E-state index contributed by atoms with van der Waals surface area (Å²) in [5.41, 5.74) is 0.624. The van der Waals surface area contributed by atoms with Gasteiger partial charge in [-0.3, -0.25) is 4.79 Å². The van der Waals surface area contributed by atoms with E-state index in [0.717, 1.165) is 12.8 Å². The van der Waals surface area contributed by atoms with Crippen molar-refractivity contribution in [2.24, 2.45) is 0 Å². The fourth-order valence-corrected chi connectivity index (χ4v) is 3.36. The molecule has 2 fully saturated rings. The standard InChI is InChI=1S/C18H24N2O3/c21-17(14-7-3-1-4-8-14)16-13-23-12-11-20(16)18(22)19-15-9-5-2-6-10-15/h1,3-4,7-8,15-16H,2,5-6,9-13H2,(H,19,22). The molecule has 1 saturated carbocycles. The summed E-state index contributed by atoms with van der Waals surface area (Å²) in [5.74, 6) is -0.0518. The molecule has 1 unspecified atom stereocenters. The average Bonchev–Trinajstić information content (AvgIpc) is 2.62. The van der Waals surface area contributed by atoms with Gasteiger partial charge in [0.25, 0.3) is 0 Å². The summed E-state index contributed by atoms with van der Waals surface area (Å²) < 4.78 is 5.45. The van der Waals surface area contributed by atoms with Crippen LogP contribution in [0.2, 0.25) is 0 Å². The number of ether oxygens (including phenoxy) is 1. The van der Waals surface area contributed by atoms with Crippen LogP contribution in [0.3, 0.4) is 0 Å². The number of urea groups is 1. The average molecular weight is 316 g/mol. The third-order valence-electron chi connectivity index (χ3n) is 4.68. The second-order valence-corrected chi connectivity index (χ2v) is 6.30. The van der Waals surface area contributed by atoms with Crippen molar-refractivity contribution in [3.63, 3.8) is 0 Å². The molecule has 1 aromatic rings. The van der Waals surface area contributed by atoms with Gasteiger partial charge in [-0.2, -0.15) is 0 Å². The van der Waals surface area contributed by atoms with Crippen molar-refractivity contribution >= 4 is 11.8 Å². The predicted molar refractivity (Wildman–Crippen MR) is 87.5 cm³/mol. The Morgan fingerprint density at radius 3 is 2.57 bits per heavy atom. The summed E-state index contributed by atoms with van der Waals surface area (Å²) in [7, 11) is 0. The summed E-state index contributed by atoms with van der Waals surface area (Å²) in [6.07, 6.45) is 5.65. The van der Waals surface area contributed by atoms with Crippen LogP contribution in [0.5, 0.6) is 0 Å². The molecule has 2 amide bonds. The largest absolute Gasteiger partial charge is 0.377 e. The first-order valence-electron chi connectivity index (χ1n) is 8.50. The van der Waals surface area contributed by atoms with Crippen molar-refractivity contribution in [3.05, 3.63) is 35.9 Å². The maximum absolute atomic E-state index is 12.7. The Morgan fingerprint density at radius 1 is 1.09 bits per heavy atom. The summed E-state index contributed by atoms with van der Waals surface area (Å²) in [6, 6.07) is 8.70. The number of hydrogen-bond donors (Lipinski definition) is 1. The number of hydrogen-bond acceptors (Lipinski definition) is 3. The molecule has 1 heterocycles. The molecule has 1 saturated heterocycles. The van der Waals surface area contributed by atoms with Crippen LogP contribution in [0.25, 0.3) is 0 Å². The fourth-order valence-electron chi connectivity index (χ4n) is 3.36. The van der Waals surface area contributed by atoms with Crippen LogP contribution in [0, 0.1) is 0 Å². The third kappa shape index (κ3) is 3.91. The number of amides is 2. The molecule has 5 nitrogen and oxygen atoms in total. The summed E-state index contributed by atoms with van der Waals surface area (Å²) in [5, 5.41) is 3.10. The minimum Gasteiger partial charge on any atom is -0.377 e. The Morgan fingerprint density at radius 2 is 1.83 bits per heavy atom. The highest BCUT2D eigenvalue weighted by Crippen LogP contribution is 2.19. The van der Waals surface area contributed by atoms with E-state index >= 15 is 0 Å². The molecule has 1 aliphatic carbocycles. The summed E-state index contributed by atoms with van der Waals surface area (Å²) >= 11 is 0. The molecule has 0 spiro atoms. The van der Waals surface area contributed by atoms with Gasteiger partial charge in [0.05, 0.1) is 13.2 Å². The minimum atomic E-state index is -0.533. The Hall–Kier alpha value is -1.88. The van der Waals surface area contributed by atoms with Gasteiger partial charge in [0.2, 0.25) is 0 Å². The van der Waals surface area contributed by atoms with Crippen LogP contribution >= 0.6 is 0 Å². The molecule has 124 valence electrons. The normalized spacial score (nSPS) is 22.6. The first kappa shape index (κ1) is 16.0. The van der Waals surface area contributed by atoms with E-state index < -0.39 is 6.04 Å². The van der Waals surface area contributed by atoms with Gasteiger partial charge < -0.3 is 15.0 Å². The Kier molecular flexibility index (Phi) is 5.28. The number of ketones is 1. The van der Waals surface area contributed by atoms with Crippen molar-refractivity contribution in [2.75, 3.05) is 19.8 Å². The second-order valence-electron chi connectivity index (χ2n) is 6.30. The zero-order valence-corrected chi connectivity index (χ0v) is 13.4. The highest BCUT2D eigenvalue weighted by molar-refractivity contribution is 6.02. The van der Waals surface area contributed by atoms with E-state index in [1.165, 1.54) is 19.3 Å². The minimum absolute atomic E-state index is 0.0518. The van der Waals surface area contributed by atoms with E-state index in [-0.39, 0.29) is 24.5 Å². The van der Waals surface area contributed by atoms with Gasteiger partial charge in [-0.1, -0.05) is 49.6 Å². The molecule has 1 aliphatic heterocycles. The van der Waals surface area contributed by atoms with Crippen molar-refractivity contribution in [2.45, 2.75) is 44.2 Å². The van der Waals surface area contributed by atoms with Crippen molar-refractivity contribution in [3.8, 4) is 0 Å². The lowest BCUT2D eigenvalue weighted by atomic mass is 9.95. The third-order valence-corrected chi connectivity index (χ3v) is 4.68. The van der Waals surface area contributed by atoms with Gasteiger partial charge in [0.15, 0.2) is 5.78 Å². The highest BCUT2D eigenvalue weighted by Gasteiger charge is 2.34. The Bertz CT molecular complexity index is 540. The Balaban J connectivity index is 1.68. The quantitative estimate of drug-likeness (QED) is 0.872. The summed E-state index contributed by atoms with van der Waals surface area (Å²) in [6.45, 7) is 1.21. The number of carbonyl (C=O) groups is 2. The lowest BCUT2D eigenvalue weighted by Gasteiger charge is -2.36. The number of carbonyl (C=O) groups excluding carboxylic acids is 2. The number of rotatable bonds is 3. The number of benzene rings is 1. The van der Waals surface area contributed by atoms with Crippen LogP contribution in [0.4, 0.5) is 4.79 Å². The van der Waals surface area contributed by atoms with Gasteiger partial charge in [0, 0.05) is 18.2 Å². The lowest BCUT2D eigenvalue weighted by Crippen LogP contribution is -2.57. The number of nitrogens with one attached hydrogen (secondary N) is 1. The van der Waals surface area contributed by atoms with E-state index in [2.05, 4.69) is 5.32 Å². The molecule has 2 aliphatic rings. The van der Waals surface area contributed by atoms with Crippen molar-refractivity contribution in [1.29, 1.82) is 0 Å². The molecule has 23 heavy (non-hydrogen) atoms. The molecule has 3 rings (SSSR count). The van der Waals surface area contributed by atoms with Crippen molar-refractivity contribution in [1.82, 2.24) is 10.2 Å². The first-order valence-corrected chi connectivity index (χ1v) is 8.50. The maximum Gasteiger partial charge on any atom is 0.318 e. The fraction of sp³-hybridized carbons (Fsp3) is 0.556. The van der Waals surface area contributed by atoms with Gasteiger partial charge in [-0.15, -0.1) is 0 Å². The van der Waals surface area contributed by atoms with Crippen LogP contribution in [-0.4, -0.2) is 48.6 Å². The lowest BCUT2D eigenvalue weighted by molar-refractivity contribution is 0.0141. The van der Waals surface area contributed by atoms with Crippen LogP contribution in [-0.2, 0) is 4.74 Å². The molecule has 1 atom stereocenters. The van der Waals surface area contributed by atoms with E-state index in [4.69, 9.17) is 4.74 Å². The molecule has 5 heteroatoms. The van der Waals surface area contributed by atoms with Gasteiger partial charge in [0.1, 0.15) is 6.04 Å². The maximum atomic E-state index is 12.7. The van der Waals surface area contributed by atoms with Gasteiger partial charge >= 0.3 is 6.03 Å². The zero-order chi connectivity index (χ0) is 16.1. The van der Waals surface area contributed by atoms with Crippen LogP contribution < -0.4 is 5.32 Å². The van der Waals surface area contributed by atoms with Crippen LogP contribution in [0.1, 0.15) is 42.5 Å². The van der Waals surface area contributed by atoms with Crippen LogP contribution in [0.15, 0.2) is 30.3 Å². The van der Waals surface area contributed by atoms with E-state index in [0.29, 0.717) is 18.7 Å². The Labute approximate surface area is 137 Å². The van der Waals surface area contributed by atoms with E-state index in [1.54, 1.807) is 17.0 Å². The SMILES string of the molecule is O=C(c1ccccc1)C1COCCN1C(=O)NC1CCCCC1. The smallest absolute Gasteiger partial charge is 0.318 e. The molecule has 1 aromatic carbocycles. The van der Waals surface area contributed by atoms with Gasteiger partial charge in [-0.25, -0.2) is 4.79 Å². The molecule has 0 bridgehead atoms. The van der Waals surface area contributed by atoms with E-state index in [1.807, 2.05) is 18.2 Å².